The molecule has 1 amide bonds. The number of carbonyl (C=O) groups is 1. The van der Waals surface area contributed by atoms with Crippen LogP contribution in [0, 0.1) is 5.92 Å². The zero-order valence-corrected chi connectivity index (χ0v) is 15.0. The molecule has 24 heavy (non-hydrogen) atoms. The first-order valence-corrected chi connectivity index (χ1v) is 8.56. The van der Waals surface area contributed by atoms with Crippen molar-refractivity contribution in [2.45, 2.75) is 46.8 Å². The molecule has 3 nitrogen and oxygen atoms in total. The molecule has 0 radical (unpaired) electrons. The van der Waals surface area contributed by atoms with Gasteiger partial charge >= 0.3 is 0 Å². The predicted octanol–water partition coefficient (Wildman–Crippen LogP) is 4.60. The van der Waals surface area contributed by atoms with Crippen LogP contribution in [-0.4, -0.2) is 12.0 Å². The molecule has 2 aromatic carbocycles. The van der Waals surface area contributed by atoms with Crippen molar-refractivity contribution in [3.63, 3.8) is 0 Å². The minimum atomic E-state index is -0.0719. The number of carbonyl (C=O) groups excluding carboxylic acids is 1. The number of hydrogen-bond acceptors (Lipinski definition) is 2. The lowest BCUT2D eigenvalue weighted by atomic mass is 10.0. The summed E-state index contributed by atoms with van der Waals surface area (Å²) in [6, 6.07) is 15.7. The van der Waals surface area contributed by atoms with Gasteiger partial charge < -0.3 is 10.1 Å². The first-order valence-electron chi connectivity index (χ1n) is 8.56. The lowest BCUT2D eigenvalue weighted by Gasteiger charge is -2.10. The summed E-state index contributed by atoms with van der Waals surface area (Å²) in [5.41, 5.74) is 3.08. The molecule has 0 unspecified atom stereocenters. The normalized spacial score (nSPS) is 10.9. The highest BCUT2D eigenvalue weighted by Crippen LogP contribution is 2.14. The molecule has 0 atom stereocenters. The second-order valence-electron chi connectivity index (χ2n) is 6.79. The van der Waals surface area contributed by atoms with Gasteiger partial charge in [-0.05, 0) is 61.6 Å². The Kier molecular flexibility index (Phi) is 6.42. The Morgan fingerprint density at radius 1 is 0.917 bits per heavy atom. The number of nitrogens with one attached hydrogen (secondary N) is 1. The van der Waals surface area contributed by atoms with Gasteiger partial charge in [-0.25, -0.2) is 0 Å². The van der Waals surface area contributed by atoms with Crippen LogP contribution in [0.4, 0.5) is 0 Å². The Bertz CT molecular complexity index is 643. The summed E-state index contributed by atoms with van der Waals surface area (Å²) in [5, 5.41) is 2.96. The third-order valence-electron chi connectivity index (χ3n) is 3.61. The van der Waals surface area contributed by atoms with Crippen LogP contribution in [-0.2, 0) is 13.0 Å². The first-order chi connectivity index (χ1) is 11.4. The van der Waals surface area contributed by atoms with Crippen molar-refractivity contribution in [3.8, 4) is 5.75 Å². The molecule has 3 heteroatoms. The Morgan fingerprint density at radius 2 is 1.50 bits per heavy atom. The molecule has 0 spiro atoms. The first kappa shape index (κ1) is 18.1. The molecule has 1 N–H and O–H groups in total. The number of rotatable bonds is 7. The molecule has 0 aliphatic heterocycles. The molecular formula is C21H27NO2. The lowest BCUT2D eigenvalue weighted by Crippen LogP contribution is -2.22. The minimum Gasteiger partial charge on any atom is -0.491 e. The molecule has 0 fully saturated rings. The number of amides is 1. The zero-order chi connectivity index (χ0) is 17.5. The maximum atomic E-state index is 12.2. The highest BCUT2D eigenvalue weighted by atomic mass is 16.5. The fourth-order valence-corrected chi connectivity index (χ4v) is 2.51. The van der Waals surface area contributed by atoms with Crippen molar-refractivity contribution in [2.75, 3.05) is 0 Å². The van der Waals surface area contributed by atoms with E-state index in [-0.39, 0.29) is 12.0 Å². The SMILES string of the molecule is CC(C)Cc1ccc(CNC(=O)c2ccc(OC(C)C)cc2)cc1. The minimum absolute atomic E-state index is 0.0719. The lowest BCUT2D eigenvalue weighted by molar-refractivity contribution is 0.0951. The molecule has 2 aromatic rings. The van der Waals surface area contributed by atoms with Crippen LogP contribution < -0.4 is 10.1 Å². The van der Waals surface area contributed by atoms with Crippen molar-refractivity contribution in [1.82, 2.24) is 5.32 Å². The van der Waals surface area contributed by atoms with Gasteiger partial charge in [0.05, 0.1) is 6.10 Å². The molecule has 2 rings (SSSR count). The van der Waals surface area contributed by atoms with Gasteiger partial charge in [0, 0.05) is 12.1 Å². The topological polar surface area (TPSA) is 38.3 Å². The largest absolute Gasteiger partial charge is 0.491 e. The maximum Gasteiger partial charge on any atom is 0.251 e. The van der Waals surface area contributed by atoms with Crippen molar-refractivity contribution < 1.29 is 9.53 Å². The van der Waals surface area contributed by atoms with E-state index in [0.717, 1.165) is 17.7 Å². The van der Waals surface area contributed by atoms with Crippen LogP contribution in [0.15, 0.2) is 48.5 Å². The van der Waals surface area contributed by atoms with E-state index in [0.29, 0.717) is 18.0 Å². The van der Waals surface area contributed by atoms with Gasteiger partial charge in [-0.3, -0.25) is 4.79 Å². The number of ether oxygens (including phenoxy) is 1. The third kappa shape index (κ3) is 5.73. The van der Waals surface area contributed by atoms with Gasteiger partial charge in [-0.1, -0.05) is 38.1 Å². The molecule has 128 valence electrons. The van der Waals surface area contributed by atoms with E-state index in [1.807, 2.05) is 26.0 Å². The van der Waals surface area contributed by atoms with Crippen molar-refractivity contribution >= 4 is 5.91 Å². The molecular weight excluding hydrogens is 298 g/mol. The van der Waals surface area contributed by atoms with Crippen LogP contribution in [0.2, 0.25) is 0 Å². The molecule has 0 heterocycles. The van der Waals surface area contributed by atoms with Crippen LogP contribution in [0.3, 0.4) is 0 Å². The average molecular weight is 325 g/mol. The van der Waals surface area contributed by atoms with Crippen LogP contribution in [0.25, 0.3) is 0 Å². The summed E-state index contributed by atoms with van der Waals surface area (Å²) in [5.74, 6) is 1.36. The molecule has 0 aliphatic carbocycles. The van der Waals surface area contributed by atoms with Crippen LogP contribution in [0.1, 0.15) is 49.2 Å². The molecule has 0 aromatic heterocycles. The summed E-state index contributed by atoms with van der Waals surface area (Å²) < 4.78 is 5.59. The van der Waals surface area contributed by atoms with E-state index in [2.05, 4.69) is 43.4 Å². The maximum absolute atomic E-state index is 12.2. The molecule has 0 bridgehead atoms. The van der Waals surface area contributed by atoms with Gasteiger partial charge in [0.25, 0.3) is 5.91 Å². The summed E-state index contributed by atoms with van der Waals surface area (Å²) >= 11 is 0. The van der Waals surface area contributed by atoms with Gasteiger partial charge in [0.15, 0.2) is 0 Å². The summed E-state index contributed by atoms with van der Waals surface area (Å²) in [6.07, 6.45) is 1.21. The summed E-state index contributed by atoms with van der Waals surface area (Å²) in [6.45, 7) is 8.92. The summed E-state index contributed by atoms with van der Waals surface area (Å²) in [7, 11) is 0. The molecule has 0 saturated carbocycles. The molecule has 0 aliphatic rings. The van der Waals surface area contributed by atoms with E-state index >= 15 is 0 Å². The quantitative estimate of drug-likeness (QED) is 0.808. The number of benzene rings is 2. The van der Waals surface area contributed by atoms with Gasteiger partial charge in [-0.2, -0.15) is 0 Å². The van der Waals surface area contributed by atoms with Gasteiger partial charge in [-0.15, -0.1) is 0 Å². The standard InChI is InChI=1S/C21H27NO2/c1-15(2)13-17-5-7-18(8-6-17)14-22-21(23)19-9-11-20(12-10-19)24-16(3)4/h5-12,15-16H,13-14H2,1-4H3,(H,22,23). The Hall–Kier alpha value is -2.29. The van der Waals surface area contributed by atoms with E-state index in [9.17, 15) is 4.79 Å². The van der Waals surface area contributed by atoms with E-state index in [1.54, 1.807) is 12.1 Å². The smallest absolute Gasteiger partial charge is 0.251 e. The average Bonchev–Trinajstić information content (AvgIpc) is 2.53. The van der Waals surface area contributed by atoms with Crippen molar-refractivity contribution in [1.29, 1.82) is 0 Å². The predicted molar refractivity (Wildman–Crippen MR) is 98.4 cm³/mol. The highest BCUT2D eigenvalue weighted by Gasteiger charge is 2.06. The van der Waals surface area contributed by atoms with Gasteiger partial charge in [0.1, 0.15) is 5.75 Å². The van der Waals surface area contributed by atoms with Gasteiger partial charge in [0.2, 0.25) is 0 Å². The second kappa shape index (κ2) is 8.53. The van der Waals surface area contributed by atoms with E-state index in [1.165, 1.54) is 5.56 Å². The molecule has 0 saturated heterocycles. The van der Waals surface area contributed by atoms with Crippen LogP contribution in [0.5, 0.6) is 5.75 Å². The Morgan fingerprint density at radius 3 is 2.04 bits per heavy atom. The van der Waals surface area contributed by atoms with E-state index in [4.69, 9.17) is 4.74 Å². The Balaban J connectivity index is 1.88. The Labute approximate surface area is 145 Å². The van der Waals surface area contributed by atoms with Crippen molar-refractivity contribution in [3.05, 3.63) is 65.2 Å². The summed E-state index contributed by atoms with van der Waals surface area (Å²) in [4.78, 5) is 12.2. The fraction of sp³-hybridized carbons (Fsp3) is 0.381. The second-order valence-corrected chi connectivity index (χ2v) is 6.79. The highest BCUT2D eigenvalue weighted by molar-refractivity contribution is 5.94. The zero-order valence-electron chi connectivity index (χ0n) is 15.0. The number of hydrogen-bond donors (Lipinski definition) is 1. The van der Waals surface area contributed by atoms with Crippen LogP contribution >= 0.6 is 0 Å². The monoisotopic (exact) mass is 325 g/mol. The fourth-order valence-electron chi connectivity index (χ4n) is 2.51. The van der Waals surface area contributed by atoms with E-state index < -0.39 is 0 Å². The van der Waals surface area contributed by atoms with Crippen molar-refractivity contribution in [2.24, 2.45) is 5.92 Å². The third-order valence-corrected chi connectivity index (χ3v) is 3.61.